The molecule has 0 aliphatic carbocycles. The smallest absolute Gasteiger partial charge is 0.337 e. The average molecular weight is 255 g/mol. The van der Waals surface area contributed by atoms with Crippen LogP contribution in [0.3, 0.4) is 0 Å². The second kappa shape index (κ2) is 4.96. The van der Waals surface area contributed by atoms with Gasteiger partial charge < -0.3 is 4.74 Å². The molecule has 3 heteroatoms. The number of methoxy groups -OCH3 is 1. The van der Waals surface area contributed by atoms with Crippen molar-refractivity contribution in [1.82, 2.24) is 0 Å². The maximum Gasteiger partial charge on any atom is 0.337 e. The third-order valence-corrected chi connectivity index (χ3v) is 2.55. The maximum absolute atomic E-state index is 11.1. The first kappa shape index (κ1) is 11.0. The lowest BCUT2D eigenvalue weighted by Crippen LogP contribution is -2.00. The fraction of sp³-hybridized carbons (Fsp3) is 0.182. The maximum atomic E-state index is 11.1. The van der Waals surface area contributed by atoms with E-state index in [0.29, 0.717) is 5.56 Å². The number of hydrogen-bond donors (Lipinski definition) is 0. The Morgan fingerprint density at radius 1 is 1.36 bits per heavy atom. The van der Waals surface area contributed by atoms with Crippen LogP contribution >= 0.6 is 15.9 Å². The summed E-state index contributed by atoms with van der Waals surface area (Å²) >= 11 is 3.32. The molecule has 1 aromatic rings. The van der Waals surface area contributed by atoms with Crippen molar-refractivity contribution in [2.75, 3.05) is 12.4 Å². The summed E-state index contributed by atoms with van der Waals surface area (Å²) < 4.78 is 4.59. The van der Waals surface area contributed by atoms with Gasteiger partial charge in [-0.3, -0.25) is 0 Å². The van der Waals surface area contributed by atoms with Gasteiger partial charge in [0.15, 0.2) is 0 Å². The van der Waals surface area contributed by atoms with Crippen LogP contribution in [0.15, 0.2) is 30.8 Å². The fourth-order valence-electron chi connectivity index (χ4n) is 1.04. The fourth-order valence-corrected chi connectivity index (χ4v) is 1.36. The highest BCUT2D eigenvalue weighted by molar-refractivity contribution is 9.09. The van der Waals surface area contributed by atoms with E-state index < -0.39 is 0 Å². The summed E-state index contributed by atoms with van der Waals surface area (Å²) in [6, 6.07) is 7.18. The van der Waals surface area contributed by atoms with Crippen LogP contribution in [-0.2, 0) is 4.74 Å². The molecule has 2 nitrogen and oxygen atoms in total. The van der Waals surface area contributed by atoms with Crippen LogP contribution in [0.4, 0.5) is 0 Å². The summed E-state index contributed by atoms with van der Waals surface area (Å²) in [6.07, 6.45) is 0. The summed E-state index contributed by atoms with van der Waals surface area (Å²) in [5.41, 5.74) is 2.56. The predicted molar refractivity (Wildman–Crippen MR) is 60.6 cm³/mol. The first-order chi connectivity index (χ1) is 6.69. The number of rotatable bonds is 3. The van der Waals surface area contributed by atoms with E-state index in [4.69, 9.17) is 0 Å². The van der Waals surface area contributed by atoms with E-state index in [-0.39, 0.29) is 5.97 Å². The quantitative estimate of drug-likeness (QED) is 0.613. The van der Waals surface area contributed by atoms with Gasteiger partial charge in [0.2, 0.25) is 0 Å². The molecule has 1 rings (SSSR count). The van der Waals surface area contributed by atoms with Crippen molar-refractivity contribution in [2.24, 2.45) is 0 Å². The molecule has 0 aliphatic rings. The molecule has 0 aliphatic heterocycles. The zero-order valence-corrected chi connectivity index (χ0v) is 9.50. The zero-order valence-electron chi connectivity index (χ0n) is 7.92. The van der Waals surface area contributed by atoms with Gasteiger partial charge in [-0.15, -0.1) is 0 Å². The van der Waals surface area contributed by atoms with Crippen molar-refractivity contribution >= 4 is 27.5 Å². The molecule has 0 amide bonds. The summed E-state index contributed by atoms with van der Waals surface area (Å²) in [6.45, 7) is 3.88. The van der Waals surface area contributed by atoms with Crippen molar-refractivity contribution in [1.29, 1.82) is 0 Å². The summed E-state index contributed by atoms with van der Waals surface area (Å²) in [5.74, 6) is -0.319. The van der Waals surface area contributed by atoms with Gasteiger partial charge in [0.05, 0.1) is 12.7 Å². The summed E-state index contributed by atoms with van der Waals surface area (Å²) in [7, 11) is 1.37. The molecule has 0 saturated carbocycles. The molecular formula is C11H11BrO2. The molecule has 0 unspecified atom stereocenters. The van der Waals surface area contributed by atoms with Crippen LogP contribution < -0.4 is 0 Å². The van der Waals surface area contributed by atoms with Gasteiger partial charge in [0.25, 0.3) is 0 Å². The van der Waals surface area contributed by atoms with Gasteiger partial charge in [0, 0.05) is 5.33 Å². The zero-order chi connectivity index (χ0) is 10.6. The Balaban J connectivity index is 2.89. The Kier molecular flexibility index (Phi) is 3.89. The second-order valence-corrected chi connectivity index (χ2v) is 3.37. The van der Waals surface area contributed by atoms with Crippen LogP contribution in [0, 0.1) is 0 Å². The number of allylic oxidation sites excluding steroid dienone is 1. The molecule has 14 heavy (non-hydrogen) atoms. The lowest BCUT2D eigenvalue weighted by atomic mass is 10.1. The minimum absolute atomic E-state index is 0.319. The molecular weight excluding hydrogens is 244 g/mol. The van der Waals surface area contributed by atoms with E-state index in [0.717, 1.165) is 16.5 Å². The number of halogens is 1. The Morgan fingerprint density at radius 3 is 2.29 bits per heavy atom. The number of hydrogen-bond acceptors (Lipinski definition) is 2. The van der Waals surface area contributed by atoms with Gasteiger partial charge in [-0.05, 0) is 23.3 Å². The van der Waals surface area contributed by atoms with Gasteiger partial charge in [0.1, 0.15) is 0 Å². The first-order valence-electron chi connectivity index (χ1n) is 4.11. The molecule has 0 spiro atoms. The third-order valence-electron chi connectivity index (χ3n) is 1.88. The Morgan fingerprint density at radius 2 is 1.86 bits per heavy atom. The Hall–Kier alpha value is -1.09. The van der Waals surface area contributed by atoms with Crippen molar-refractivity contribution < 1.29 is 9.53 Å². The highest BCUT2D eigenvalue weighted by Crippen LogP contribution is 2.15. The lowest BCUT2D eigenvalue weighted by molar-refractivity contribution is 0.0601. The van der Waals surface area contributed by atoms with Crippen LogP contribution in [0.5, 0.6) is 0 Å². The van der Waals surface area contributed by atoms with Crippen LogP contribution in [-0.4, -0.2) is 18.4 Å². The molecule has 0 heterocycles. The largest absolute Gasteiger partial charge is 0.465 e. The molecule has 0 fully saturated rings. The number of carbonyl (C=O) groups excluding carboxylic acids is 1. The van der Waals surface area contributed by atoms with Crippen LogP contribution in [0.25, 0.3) is 5.57 Å². The van der Waals surface area contributed by atoms with Crippen molar-refractivity contribution in [2.45, 2.75) is 0 Å². The van der Waals surface area contributed by atoms with Gasteiger partial charge in [-0.1, -0.05) is 34.6 Å². The van der Waals surface area contributed by atoms with Crippen molar-refractivity contribution in [3.63, 3.8) is 0 Å². The highest BCUT2D eigenvalue weighted by Gasteiger charge is 2.04. The second-order valence-electron chi connectivity index (χ2n) is 2.81. The first-order valence-corrected chi connectivity index (χ1v) is 5.23. The molecule has 0 bridgehead atoms. The minimum atomic E-state index is -0.319. The van der Waals surface area contributed by atoms with Gasteiger partial charge >= 0.3 is 5.97 Å². The third kappa shape index (κ3) is 2.45. The number of ether oxygens (including phenoxy) is 1. The minimum Gasteiger partial charge on any atom is -0.465 e. The SMILES string of the molecule is C=C(CBr)c1ccc(C(=O)OC)cc1. The normalized spacial score (nSPS) is 9.57. The van der Waals surface area contributed by atoms with E-state index in [1.54, 1.807) is 12.1 Å². The van der Waals surface area contributed by atoms with Gasteiger partial charge in [-0.2, -0.15) is 0 Å². The Bertz CT molecular complexity index is 306. The molecule has 0 atom stereocenters. The van der Waals surface area contributed by atoms with E-state index in [1.807, 2.05) is 12.1 Å². The number of carbonyl (C=O) groups is 1. The molecule has 0 radical (unpaired) electrons. The highest BCUT2D eigenvalue weighted by atomic mass is 79.9. The van der Waals surface area contributed by atoms with Crippen LogP contribution in [0.1, 0.15) is 15.9 Å². The molecule has 1 aromatic carbocycles. The van der Waals surface area contributed by atoms with E-state index in [9.17, 15) is 4.79 Å². The molecule has 0 aromatic heterocycles. The number of benzene rings is 1. The Labute approximate surface area is 91.7 Å². The summed E-state index contributed by atoms with van der Waals surface area (Å²) in [5, 5.41) is 0.727. The van der Waals surface area contributed by atoms with E-state index in [1.165, 1.54) is 7.11 Å². The van der Waals surface area contributed by atoms with E-state index >= 15 is 0 Å². The number of alkyl halides is 1. The standard InChI is InChI=1S/C11H11BrO2/c1-8(7-12)9-3-5-10(6-4-9)11(13)14-2/h3-6H,1,7H2,2H3. The lowest BCUT2D eigenvalue weighted by Gasteiger charge is -2.03. The average Bonchev–Trinajstić information content (AvgIpc) is 2.27. The molecule has 0 N–H and O–H groups in total. The van der Waals surface area contributed by atoms with Crippen molar-refractivity contribution in [3.05, 3.63) is 42.0 Å². The monoisotopic (exact) mass is 254 g/mol. The predicted octanol–water partition coefficient (Wildman–Crippen LogP) is 2.88. The van der Waals surface area contributed by atoms with Crippen molar-refractivity contribution in [3.8, 4) is 0 Å². The number of esters is 1. The molecule has 74 valence electrons. The molecule has 0 saturated heterocycles. The topological polar surface area (TPSA) is 26.3 Å². The van der Waals surface area contributed by atoms with Gasteiger partial charge in [-0.25, -0.2) is 4.79 Å². The van der Waals surface area contributed by atoms with E-state index in [2.05, 4.69) is 27.2 Å². The summed E-state index contributed by atoms with van der Waals surface area (Å²) in [4.78, 5) is 11.1. The van der Waals surface area contributed by atoms with Crippen LogP contribution in [0.2, 0.25) is 0 Å².